The van der Waals surface area contributed by atoms with Crippen molar-refractivity contribution in [1.29, 1.82) is 5.41 Å². The van der Waals surface area contributed by atoms with Gasteiger partial charge < -0.3 is 11.1 Å². The number of nitrogens with one attached hydrogen (secondary N) is 2. The summed E-state index contributed by atoms with van der Waals surface area (Å²) in [5.74, 6) is 0.371. The fourth-order valence-corrected chi connectivity index (χ4v) is 1.28. The first kappa shape index (κ1) is 8.84. The second kappa shape index (κ2) is 3.01. The van der Waals surface area contributed by atoms with Crippen molar-refractivity contribution in [3.63, 3.8) is 0 Å². The van der Waals surface area contributed by atoms with E-state index in [1.54, 1.807) is 0 Å². The minimum Gasteiger partial charge on any atom is -0.370 e. The molecule has 0 aromatic rings. The van der Waals surface area contributed by atoms with Gasteiger partial charge in [-0.15, -0.1) is 0 Å². The van der Waals surface area contributed by atoms with Crippen molar-refractivity contribution in [2.75, 3.05) is 0 Å². The molecule has 0 radical (unpaired) electrons. The molecule has 0 aromatic heterocycles. The highest BCUT2D eigenvalue weighted by Crippen LogP contribution is 2.22. The fraction of sp³-hybridized carbons (Fsp3) is 0.444. The van der Waals surface area contributed by atoms with Crippen molar-refractivity contribution >= 4 is 5.96 Å². The first-order valence-corrected chi connectivity index (χ1v) is 4.03. The maximum absolute atomic E-state index is 7.15. The van der Waals surface area contributed by atoms with Gasteiger partial charge in [0.1, 0.15) is 0 Å². The van der Waals surface area contributed by atoms with Crippen LogP contribution in [0.25, 0.3) is 0 Å². The van der Waals surface area contributed by atoms with Crippen LogP contribution in [0, 0.1) is 11.3 Å². The van der Waals surface area contributed by atoms with Gasteiger partial charge in [0.05, 0.1) is 5.54 Å². The quantitative estimate of drug-likeness (QED) is 0.401. The molecule has 0 heterocycles. The number of allylic oxidation sites excluding steroid dienone is 2. The molecule has 0 aromatic carbocycles. The smallest absolute Gasteiger partial charge is 0.186 e. The van der Waals surface area contributed by atoms with Gasteiger partial charge in [-0.2, -0.15) is 0 Å². The van der Waals surface area contributed by atoms with Crippen LogP contribution in [0.15, 0.2) is 24.3 Å². The first-order chi connectivity index (χ1) is 5.54. The van der Waals surface area contributed by atoms with Gasteiger partial charge in [0.2, 0.25) is 0 Å². The average molecular weight is 165 g/mol. The largest absolute Gasteiger partial charge is 0.370 e. The Kier molecular flexibility index (Phi) is 2.22. The Morgan fingerprint density at radius 1 is 1.58 bits per heavy atom. The van der Waals surface area contributed by atoms with Crippen LogP contribution in [0.4, 0.5) is 0 Å². The highest BCUT2D eigenvalue weighted by molar-refractivity contribution is 5.75. The van der Waals surface area contributed by atoms with E-state index >= 15 is 0 Å². The Morgan fingerprint density at radius 2 is 2.25 bits per heavy atom. The van der Waals surface area contributed by atoms with E-state index < -0.39 is 0 Å². The maximum Gasteiger partial charge on any atom is 0.186 e. The molecule has 12 heavy (non-hydrogen) atoms. The summed E-state index contributed by atoms with van der Waals surface area (Å²) in [5, 5.41) is 10.1. The van der Waals surface area contributed by atoms with Crippen molar-refractivity contribution in [3.05, 3.63) is 24.3 Å². The van der Waals surface area contributed by atoms with Crippen LogP contribution in [-0.2, 0) is 0 Å². The van der Waals surface area contributed by atoms with Crippen LogP contribution in [0.1, 0.15) is 13.8 Å². The summed E-state index contributed by atoms with van der Waals surface area (Å²) >= 11 is 0. The van der Waals surface area contributed by atoms with Gasteiger partial charge in [-0.05, 0) is 6.92 Å². The van der Waals surface area contributed by atoms with E-state index in [2.05, 4.69) is 18.3 Å². The molecule has 0 fully saturated rings. The standard InChI is InChI=1S/C9H15N3/c1-7-5-3-4-6-9(7,2)12-8(10)11/h3-7H,1-2H3,(H4,10,11,12). The van der Waals surface area contributed by atoms with Crippen LogP contribution in [0.5, 0.6) is 0 Å². The van der Waals surface area contributed by atoms with Gasteiger partial charge in [-0.25, -0.2) is 0 Å². The molecule has 0 saturated heterocycles. The molecule has 0 amide bonds. The van der Waals surface area contributed by atoms with Crippen molar-refractivity contribution in [1.82, 2.24) is 5.32 Å². The van der Waals surface area contributed by atoms with E-state index in [1.165, 1.54) is 0 Å². The van der Waals surface area contributed by atoms with Gasteiger partial charge in [0.15, 0.2) is 5.96 Å². The highest BCUT2D eigenvalue weighted by Gasteiger charge is 2.27. The minimum absolute atomic E-state index is 0.0179. The molecule has 0 aliphatic heterocycles. The van der Waals surface area contributed by atoms with Crippen molar-refractivity contribution in [3.8, 4) is 0 Å². The summed E-state index contributed by atoms with van der Waals surface area (Å²) in [6, 6.07) is 0. The van der Waals surface area contributed by atoms with E-state index in [9.17, 15) is 0 Å². The summed E-state index contributed by atoms with van der Waals surface area (Å²) in [4.78, 5) is 0. The van der Waals surface area contributed by atoms with E-state index in [0.717, 1.165) is 0 Å². The summed E-state index contributed by atoms with van der Waals surface area (Å²) in [5.41, 5.74) is 5.08. The minimum atomic E-state index is -0.208. The lowest BCUT2D eigenvalue weighted by Gasteiger charge is -2.34. The Balaban J connectivity index is 2.76. The first-order valence-electron chi connectivity index (χ1n) is 4.03. The van der Waals surface area contributed by atoms with Gasteiger partial charge >= 0.3 is 0 Å². The maximum atomic E-state index is 7.15. The van der Waals surface area contributed by atoms with E-state index in [0.29, 0.717) is 5.92 Å². The molecule has 1 aliphatic rings. The molecule has 2 unspecified atom stereocenters. The van der Waals surface area contributed by atoms with E-state index in [-0.39, 0.29) is 11.5 Å². The Bertz CT molecular complexity index is 242. The molecule has 3 heteroatoms. The third-order valence-electron chi connectivity index (χ3n) is 2.30. The fourth-order valence-electron chi connectivity index (χ4n) is 1.28. The lowest BCUT2D eigenvalue weighted by Crippen LogP contribution is -2.51. The third-order valence-corrected chi connectivity index (χ3v) is 2.30. The molecule has 0 spiro atoms. The lowest BCUT2D eigenvalue weighted by molar-refractivity contribution is 0.407. The molecule has 0 saturated carbocycles. The normalized spacial score (nSPS) is 33.3. The topological polar surface area (TPSA) is 61.9 Å². The molecular formula is C9H15N3. The van der Waals surface area contributed by atoms with Gasteiger partial charge in [-0.1, -0.05) is 31.2 Å². The summed E-state index contributed by atoms with van der Waals surface area (Å²) in [6.07, 6.45) is 8.10. The molecule has 1 rings (SSSR count). The number of hydrogen-bond acceptors (Lipinski definition) is 1. The SMILES string of the molecule is CC1C=CC=CC1(C)NC(=N)N. The lowest BCUT2D eigenvalue weighted by atomic mass is 9.84. The zero-order chi connectivity index (χ0) is 9.19. The molecule has 66 valence electrons. The number of hydrogen-bond donors (Lipinski definition) is 3. The monoisotopic (exact) mass is 165 g/mol. The summed E-state index contributed by atoms with van der Waals surface area (Å²) in [7, 11) is 0. The van der Waals surface area contributed by atoms with Crippen LogP contribution >= 0.6 is 0 Å². The Labute approximate surface area is 72.8 Å². The number of rotatable bonds is 1. The zero-order valence-corrected chi connectivity index (χ0v) is 7.46. The zero-order valence-electron chi connectivity index (χ0n) is 7.46. The van der Waals surface area contributed by atoms with Crippen LogP contribution < -0.4 is 11.1 Å². The summed E-state index contributed by atoms with van der Waals surface area (Å²) < 4.78 is 0. The van der Waals surface area contributed by atoms with Crippen LogP contribution in [0.2, 0.25) is 0 Å². The van der Waals surface area contributed by atoms with E-state index in [1.807, 2.05) is 25.2 Å². The summed E-state index contributed by atoms with van der Waals surface area (Å²) in [6.45, 7) is 4.12. The molecule has 3 nitrogen and oxygen atoms in total. The van der Waals surface area contributed by atoms with Crippen LogP contribution in [0.3, 0.4) is 0 Å². The molecule has 4 N–H and O–H groups in total. The second-order valence-electron chi connectivity index (χ2n) is 3.35. The Hall–Kier alpha value is -1.25. The van der Waals surface area contributed by atoms with Gasteiger partial charge in [-0.3, -0.25) is 5.41 Å². The molecule has 1 aliphatic carbocycles. The van der Waals surface area contributed by atoms with Gasteiger partial charge in [0.25, 0.3) is 0 Å². The third kappa shape index (κ3) is 1.67. The van der Waals surface area contributed by atoms with E-state index in [4.69, 9.17) is 11.1 Å². The number of guanidine groups is 1. The molecule has 2 atom stereocenters. The predicted molar refractivity (Wildman–Crippen MR) is 50.9 cm³/mol. The molecule has 0 bridgehead atoms. The predicted octanol–water partition coefficient (Wildman–Crippen LogP) is 0.990. The molecular weight excluding hydrogens is 150 g/mol. The second-order valence-corrected chi connectivity index (χ2v) is 3.35. The van der Waals surface area contributed by atoms with Crippen molar-refractivity contribution < 1.29 is 0 Å². The number of nitrogens with two attached hydrogens (primary N) is 1. The highest BCUT2D eigenvalue weighted by atomic mass is 15.1. The Morgan fingerprint density at radius 3 is 2.75 bits per heavy atom. The van der Waals surface area contributed by atoms with Crippen LogP contribution in [-0.4, -0.2) is 11.5 Å². The van der Waals surface area contributed by atoms with Crippen molar-refractivity contribution in [2.45, 2.75) is 19.4 Å². The average Bonchev–Trinajstić information content (AvgIpc) is 1.94. The van der Waals surface area contributed by atoms with Gasteiger partial charge in [0, 0.05) is 5.92 Å². The van der Waals surface area contributed by atoms with Crippen molar-refractivity contribution in [2.24, 2.45) is 11.7 Å².